The number of aliphatic hydroxyl groups excluding tert-OH is 1. The predicted octanol–water partition coefficient (Wildman–Crippen LogP) is 4.68. The molecule has 5 aromatic rings. The molecule has 7 nitrogen and oxygen atoms in total. The number of imidazole rings is 1. The van der Waals surface area contributed by atoms with Crippen molar-refractivity contribution in [2.24, 2.45) is 5.92 Å². The number of anilines is 1. The van der Waals surface area contributed by atoms with Gasteiger partial charge in [0.25, 0.3) is 0 Å². The fraction of sp³-hybridized carbons (Fsp3) is 0.320. The number of aromatic nitrogens is 5. The van der Waals surface area contributed by atoms with Crippen molar-refractivity contribution in [3.63, 3.8) is 0 Å². The first-order valence-corrected chi connectivity index (χ1v) is 12.3. The third-order valence-electron chi connectivity index (χ3n) is 6.56. The summed E-state index contributed by atoms with van der Waals surface area (Å²) in [5, 5.41) is 18.9. The number of aliphatic hydroxyl groups is 1. The first-order chi connectivity index (χ1) is 16.2. The van der Waals surface area contributed by atoms with Gasteiger partial charge >= 0.3 is 0 Å². The van der Waals surface area contributed by atoms with Crippen LogP contribution in [0, 0.1) is 5.92 Å². The molecule has 4 aromatic heterocycles. The van der Waals surface area contributed by atoms with Crippen molar-refractivity contribution >= 4 is 32.3 Å². The fourth-order valence-electron chi connectivity index (χ4n) is 4.73. The average Bonchev–Trinajstić information content (AvgIpc) is 3.58. The van der Waals surface area contributed by atoms with Gasteiger partial charge in [0.1, 0.15) is 5.65 Å². The monoisotopic (exact) mass is 458 g/mol. The average molecular weight is 459 g/mol. The fourth-order valence-corrected chi connectivity index (χ4v) is 5.66. The zero-order chi connectivity index (χ0) is 22.2. The van der Waals surface area contributed by atoms with Crippen molar-refractivity contribution in [3.8, 4) is 5.69 Å². The second-order valence-corrected chi connectivity index (χ2v) is 9.83. The Morgan fingerprint density at radius 1 is 1.12 bits per heavy atom. The summed E-state index contributed by atoms with van der Waals surface area (Å²) in [6.45, 7) is 0.788. The van der Waals surface area contributed by atoms with Crippen LogP contribution < -0.4 is 5.32 Å². The van der Waals surface area contributed by atoms with E-state index in [1.165, 1.54) is 16.7 Å². The highest BCUT2D eigenvalue weighted by molar-refractivity contribution is 7.22. The Labute approximate surface area is 195 Å². The highest BCUT2D eigenvalue weighted by Crippen LogP contribution is 2.30. The Morgan fingerprint density at radius 2 is 2.06 bits per heavy atom. The first kappa shape index (κ1) is 20.4. The molecule has 0 radical (unpaired) electrons. The number of fused-ring (bicyclic) bond motifs is 2. The number of nitrogens with zero attached hydrogens (tertiary/aromatic N) is 5. The van der Waals surface area contributed by atoms with Crippen LogP contribution in [0.3, 0.4) is 0 Å². The van der Waals surface area contributed by atoms with E-state index in [0.29, 0.717) is 5.92 Å². The molecule has 6 rings (SSSR count). The first-order valence-electron chi connectivity index (χ1n) is 11.5. The number of nitrogens with one attached hydrogen (secondary N) is 1. The normalized spacial score (nSPS) is 18.8. The lowest BCUT2D eigenvalue weighted by molar-refractivity contribution is 0.0763. The minimum Gasteiger partial charge on any atom is -0.393 e. The van der Waals surface area contributed by atoms with E-state index in [-0.39, 0.29) is 6.10 Å². The smallest absolute Gasteiger partial charge is 0.183 e. The lowest BCUT2D eigenvalue weighted by Crippen LogP contribution is -2.30. The lowest BCUT2D eigenvalue weighted by Gasteiger charge is -2.27. The van der Waals surface area contributed by atoms with Crippen molar-refractivity contribution in [1.29, 1.82) is 0 Å². The van der Waals surface area contributed by atoms with Gasteiger partial charge in [-0.2, -0.15) is 5.10 Å². The molecule has 33 heavy (non-hydrogen) atoms. The summed E-state index contributed by atoms with van der Waals surface area (Å²) in [7, 11) is 0. The molecule has 0 bridgehead atoms. The van der Waals surface area contributed by atoms with E-state index in [0.717, 1.165) is 59.9 Å². The summed E-state index contributed by atoms with van der Waals surface area (Å²) in [5.74, 6) is 0.324. The van der Waals surface area contributed by atoms with Crippen molar-refractivity contribution < 1.29 is 5.11 Å². The predicted molar refractivity (Wildman–Crippen MR) is 131 cm³/mol. The molecule has 1 unspecified atom stereocenters. The van der Waals surface area contributed by atoms with Crippen LogP contribution in [0.25, 0.3) is 21.6 Å². The maximum absolute atomic E-state index is 10.2. The molecule has 2 N–H and O–H groups in total. The molecule has 168 valence electrons. The van der Waals surface area contributed by atoms with Crippen molar-refractivity contribution in [1.82, 2.24) is 24.1 Å². The van der Waals surface area contributed by atoms with Crippen molar-refractivity contribution in [3.05, 3.63) is 72.4 Å². The molecule has 4 heterocycles. The Hall–Kier alpha value is -3.23. The number of thiazole rings is 1. The van der Waals surface area contributed by atoms with E-state index >= 15 is 0 Å². The summed E-state index contributed by atoms with van der Waals surface area (Å²) in [5.41, 5.74) is 5.30. The van der Waals surface area contributed by atoms with Gasteiger partial charge < -0.3 is 14.8 Å². The number of rotatable bonds is 6. The van der Waals surface area contributed by atoms with E-state index in [9.17, 15) is 5.11 Å². The Morgan fingerprint density at radius 3 is 2.94 bits per heavy atom. The molecule has 1 saturated carbocycles. The molecule has 1 aliphatic rings. The second-order valence-electron chi connectivity index (χ2n) is 8.80. The van der Waals surface area contributed by atoms with Crippen LogP contribution >= 0.6 is 11.3 Å². The lowest BCUT2D eigenvalue weighted by atomic mass is 9.86. The van der Waals surface area contributed by atoms with E-state index in [1.54, 1.807) is 17.5 Å². The SMILES string of the molecule is OC1CCCC[C@H]1CNc1nc2ccc(Cc3cnc4cc(-n5cccn5)ccn34)cc2s1. The molecular formula is C25H26N6OS. The van der Waals surface area contributed by atoms with Crippen LogP contribution in [-0.2, 0) is 6.42 Å². The van der Waals surface area contributed by atoms with Gasteiger partial charge in [0.05, 0.1) is 22.0 Å². The Bertz CT molecular complexity index is 1390. The van der Waals surface area contributed by atoms with E-state index in [1.807, 2.05) is 29.2 Å². The van der Waals surface area contributed by atoms with Crippen LogP contribution in [0.5, 0.6) is 0 Å². The van der Waals surface area contributed by atoms with Gasteiger partial charge in [-0.3, -0.25) is 0 Å². The Balaban J connectivity index is 1.19. The molecule has 8 heteroatoms. The molecular weight excluding hydrogens is 432 g/mol. The van der Waals surface area contributed by atoms with Crippen LogP contribution in [0.1, 0.15) is 36.9 Å². The van der Waals surface area contributed by atoms with Crippen LogP contribution in [0.4, 0.5) is 5.13 Å². The summed E-state index contributed by atoms with van der Waals surface area (Å²) in [4.78, 5) is 9.35. The third-order valence-corrected chi connectivity index (χ3v) is 7.54. The Kier molecular flexibility index (Phi) is 5.32. The van der Waals surface area contributed by atoms with Gasteiger partial charge in [0, 0.05) is 55.4 Å². The van der Waals surface area contributed by atoms with Crippen LogP contribution in [0.2, 0.25) is 0 Å². The topological polar surface area (TPSA) is 80.3 Å². The van der Waals surface area contributed by atoms with Crippen molar-refractivity contribution in [2.75, 3.05) is 11.9 Å². The van der Waals surface area contributed by atoms with Gasteiger partial charge in [0.2, 0.25) is 0 Å². The molecule has 1 aromatic carbocycles. The van der Waals surface area contributed by atoms with Crippen LogP contribution in [0.15, 0.2) is 61.2 Å². The molecule has 1 fully saturated rings. The van der Waals surface area contributed by atoms with Gasteiger partial charge in [0.15, 0.2) is 5.13 Å². The summed E-state index contributed by atoms with van der Waals surface area (Å²) >= 11 is 1.68. The summed E-state index contributed by atoms with van der Waals surface area (Å²) < 4.78 is 5.15. The van der Waals surface area contributed by atoms with Gasteiger partial charge in [-0.15, -0.1) is 0 Å². The maximum Gasteiger partial charge on any atom is 0.183 e. The largest absolute Gasteiger partial charge is 0.393 e. The van der Waals surface area contributed by atoms with Gasteiger partial charge in [-0.05, 0) is 42.7 Å². The number of pyridine rings is 1. The van der Waals surface area contributed by atoms with E-state index in [4.69, 9.17) is 4.98 Å². The summed E-state index contributed by atoms with van der Waals surface area (Å²) in [6.07, 6.45) is 12.7. The number of hydrogen-bond acceptors (Lipinski definition) is 6. The van der Waals surface area contributed by atoms with Gasteiger partial charge in [-0.1, -0.05) is 30.2 Å². The third kappa shape index (κ3) is 4.12. The quantitative estimate of drug-likeness (QED) is 0.386. The molecule has 2 atom stereocenters. The molecule has 0 spiro atoms. The molecule has 0 aliphatic heterocycles. The van der Waals surface area contributed by atoms with Gasteiger partial charge in [-0.25, -0.2) is 14.6 Å². The molecule has 1 aliphatic carbocycles. The second kappa shape index (κ2) is 8.61. The van der Waals surface area contributed by atoms with Crippen molar-refractivity contribution in [2.45, 2.75) is 38.2 Å². The van der Waals surface area contributed by atoms with Crippen LogP contribution in [-0.4, -0.2) is 41.9 Å². The highest BCUT2D eigenvalue weighted by atomic mass is 32.1. The minimum atomic E-state index is -0.187. The number of benzene rings is 1. The molecule has 0 saturated heterocycles. The highest BCUT2D eigenvalue weighted by Gasteiger charge is 2.23. The summed E-state index contributed by atoms with van der Waals surface area (Å²) in [6, 6.07) is 12.5. The zero-order valence-corrected chi connectivity index (χ0v) is 19.1. The molecule has 0 amide bonds. The standard InChI is InChI=1S/C25H26N6OS/c32-22-5-2-1-4-18(22)15-27-25-29-21-7-6-17(13-23(21)33-25)12-20-16-26-24-14-19(8-11-30(20)24)31-10-3-9-28-31/h3,6-11,13-14,16,18,22,32H,1-2,4-5,12,15H2,(H,27,29)/t18-,22?/m0/s1. The van der Waals surface area contributed by atoms with E-state index in [2.05, 4.69) is 50.3 Å². The number of hydrogen-bond donors (Lipinski definition) is 2. The van der Waals surface area contributed by atoms with E-state index < -0.39 is 0 Å². The maximum atomic E-state index is 10.2. The zero-order valence-electron chi connectivity index (χ0n) is 18.3. The minimum absolute atomic E-state index is 0.187.